The molecule has 29 heavy (non-hydrogen) atoms. The van der Waals surface area contributed by atoms with Crippen LogP contribution in [0.25, 0.3) is 28.1 Å². The number of benzene rings is 2. The number of nitrogens with one attached hydrogen (secondary N) is 2. The highest BCUT2D eigenvalue weighted by Gasteiger charge is 2.40. The molecule has 4 nitrogen and oxygen atoms in total. The molecule has 3 N–H and O–H groups in total. The van der Waals surface area contributed by atoms with E-state index in [0.29, 0.717) is 0 Å². The number of aromatic nitrogens is 1. The number of allylic oxidation sites excluding steroid dienone is 1. The largest absolute Gasteiger partial charge is 0.390 e. The molecule has 0 aliphatic carbocycles. The van der Waals surface area contributed by atoms with Gasteiger partial charge in [0.1, 0.15) is 0 Å². The molecule has 0 saturated heterocycles. The monoisotopic (exact) mass is 388 g/mol. The van der Waals surface area contributed by atoms with E-state index in [2.05, 4.69) is 54.5 Å². The maximum absolute atomic E-state index is 11.8. The SMILES string of the molecule is CC(=O)/C=C/c1c(-c2cccc3cc[nH]c23)cc(C)c2c1[C@H](C)[C@@H](O)C(C)(C)N2. The summed E-state index contributed by atoms with van der Waals surface area (Å²) < 4.78 is 0. The van der Waals surface area contributed by atoms with Crippen LogP contribution < -0.4 is 5.32 Å². The van der Waals surface area contributed by atoms with Crippen molar-refractivity contribution in [2.24, 2.45) is 0 Å². The number of H-pyrrole nitrogens is 1. The van der Waals surface area contributed by atoms with E-state index in [1.54, 1.807) is 13.0 Å². The molecule has 4 heteroatoms. The van der Waals surface area contributed by atoms with Gasteiger partial charge in [-0.25, -0.2) is 0 Å². The first-order valence-electron chi connectivity index (χ1n) is 10.1. The Bertz CT molecular complexity index is 1140. The summed E-state index contributed by atoms with van der Waals surface area (Å²) in [5, 5.41) is 15.7. The van der Waals surface area contributed by atoms with Crippen molar-refractivity contribution < 1.29 is 9.90 Å². The molecule has 0 radical (unpaired) electrons. The van der Waals surface area contributed by atoms with E-state index in [1.165, 1.54) is 0 Å². The number of aryl methyl sites for hydroxylation is 1. The fourth-order valence-corrected chi connectivity index (χ4v) is 4.59. The molecule has 1 aliphatic heterocycles. The van der Waals surface area contributed by atoms with Crippen molar-refractivity contribution in [1.82, 2.24) is 4.98 Å². The van der Waals surface area contributed by atoms with E-state index in [9.17, 15) is 9.90 Å². The Kier molecular flexibility index (Phi) is 4.62. The van der Waals surface area contributed by atoms with Crippen molar-refractivity contribution in [3.63, 3.8) is 0 Å². The van der Waals surface area contributed by atoms with Crippen LogP contribution in [-0.2, 0) is 4.79 Å². The molecular weight excluding hydrogens is 360 g/mol. The van der Waals surface area contributed by atoms with Gasteiger partial charge >= 0.3 is 0 Å². The highest BCUT2D eigenvalue weighted by atomic mass is 16.3. The van der Waals surface area contributed by atoms with Crippen LogP contribution in [-0.4, -0.2) is 27.5 Å². The Labute approximate surface area is 171 Å². The zero-order valence-electron chi connectivity index (χ0n) is 17.6. The minimum Gasteiger partial charge on any atom is -0.390 e. The van der Waals surface area contributed by atoms with E-state index in [0.717, 1.165) is 44.4 Å². The lowest BCUT2D eigenvalue weighted by atomic mass is 9.74. The van der Waals surface area contributed by atoms with Crippen LogP contribution in [0.4, 0.5) is 5.69 Å². The maximum Gasteiger partial charge on any atom is 0.152 e. The summed E-state index contributed by atoms with van der Waals surface area (Å²) in [7, 11) is 0. The standard InChI is InChI=1S/C25H28N2O2/c1-14-13-20(19-8-6-7-17-11-12-26-23(17)19)18(10-9-15(2)28)21-16(3)24(29)25(4,5)27-22(14)21/h6-13,16,24,26-27,29H,1-5H3/b10-9+/t16-,24+/m0/s1. The van der Waals surface area contributed by atoms with Gasteiger partial charge in [-0.2, -0.15) is 0 Å². The van der Waals surface area contributed by atoms with Crippen LogP contribution in [0.1, 0.15) is 50.3 Å². The fraction of sp³-hybridized carbons (Fsp3) is 0.320. The molecule has 0 fully saturated rings. The van der Waals surface area contributed by atoms with E-state index in [4.69, 9.17) is 0 Å². The summed E-state index contributed by atoms with van der Waals surface area (Å²) in [4.78, 5) is 15.1. The number of aromatic amines is 1. The lowest BCUT2D eigenvalue weighted by Gasteiger charge is -2.44. The number of hydrogen-bond acceptors (Lipinski definition) is 3. The van der Waals surface area contributed by atoms with Crippen LogP contribution in [0.5, 0.6) is 0 Å². The molecule has 4 rings (SSSR count). The topological polar surface area (TPSA) is 65.1 Å². The predicted molar refractivity (Wildman–Crippen MR) is 120 cm³/mol. The first-order valence-corrected chi connectivity index (χ1v) is 10.1. The molecule has 2 aromatic carbocycles. The second kappa shape index (κ2) is 6.89. The Hall–Kier alpha value is -2.85. The van der Waals surface area contributed by atoms with Crippen LogP contribution in [0.15, 0.2) is 42.6 Å². The third kappa shape index (κ3) is 3.18. The Morgan fingerprint density at radius 1 is 1.21 bits per heavy atom. The van der Waals surface area contributed by atoms with Gasteiger partial charge in [0.25, 0.3) is 0 Å². The molecule has 0 amide bonds. The minimum atomic E-state index is -0.546. The fourth-order valence-electron chi connectivity index (χ4n) is 4.59. The number of hydrogen-bond donors (Lipinski definition) is 3. The number of aliphatic hydroxyl groups is 1. The van der Waals surface area contributed by atoms with Crippen LogP contribution in [0, 0.1) is 6.92 Å². The van der Waals surface area contributed by atoms with Gasteiger partial charge in [-0.3, -0.25) is 4.79 Å². The van der Waals surface area contributed by atoms with Gasteiger partial charge in [0.15, 0.2) is 5.78 Å². The molecule has 1 aromatic heterocycles. The number of aliphatic hydroxyl groups excluding tert-OH is 1. The lowest BCUT2D eigenvalue weighted by Crippen LogP contribution is -2.50. The molecule has 0 bridgehead atoms. The second-order valence-corrected chi connectivity index (χ2v) is 8.72. The van der Waals surface area contributed by atoms with Crippen molar-refractivity contribution in [3.05, 3.63) is 59.3 Å². The number of anilines is 1. The lowest BCUT2D eigenvalue weighted by molar-refractivity contribution is -0.112. The Morgan fingerprint density at radius 3 is 2.69 bits per heavy atom. The molecule has 150 valence electrons. The van der Waals surface area contributed by atoms with E-state index in [1.807, 2.05) is 26.1 Å². The first kappa shape index (κ1) is 19.5. The highest BCUT2D eigenvalue weighted by Crippen LogP contribution is 2.46. The van der Waals surface area contributed by atoms with Gasteiger partial charge in [-0.15, -0.1) is 0 Å². The third-order valence-corrected chi connectivity index (χ3v) is 6.08. The van der Waals surface area contributed by atoms with Crippen LogP contribution >= 0.6 is 0 Å². The predicted octanol–water partition coefficient (Wildman–Crippen LogP) is 5.41. The zero-order chi connectivity index (χ0) is 20.9. The maximum atomic E-state index is 11.8. The molecular formula is C25H28N2O2. The van der Waals surface area contributed by atoms with Crippen molar-refractivity contribution in [3.8, 4) is 11.1 Å². The summed E-state index contributed by atoms with van der Waals surface area (Å²) in [5.41, 5.74) is 7.02. The molecule has 2 atom stereocenters. The van der Waals surface area contributed by atoms with E-state index >= 15 is 0 Å². The number of fused-ring (bicyclic) bond motifs is 2. The molecule has 1 aliphatic rings. The normalized spacial score (nSPS) is 20.6. The number of para-hydroxylation sites is 1. The third-order valence-electron chi connectivity index (χ3n) is 6.08. The highest BCUT2D eigenvalue weighted by molar-refractivity contribution is 6.00. The van der Waals surface area contributed by atoms with Gasteiger partial charge in [-0.05, 0) is 73.5 Å². The Balaban J connectivity index is 2.06. The van der Waals surface area contributed by atoms with Crippen molar-refractivity contribution in [1.29, 1.82) is 0 Å². The zero-order valence-corrected chi connectivity index (χ0v) is 17.6. The van der Waals surface area contributed by atoms with E-state index in [-0.39, 0.29) is 11.7 Å². The van der Waals surface area contributed by atoms with Crippen molar-refractivity contribution in [2.45, 2.75) is 52.2 Å². The van der Waals surface area contributed by atoms with Crippen LogP contribution in [0.2, 0.25) is 0 Å². The van der Waals surface area contributed by atoms with Gasteiger partial charge in [0, 0.05) is 23.4 Å². The van der Waals surface area contributed by atoms with E-state index < -0.39 is 11.6 Å². The Morgan fingerprint density at radius 2 is 1.97 bits per heavy atom. The molecule has 2 heterocycles. The van der Waals surface area contributed by atoms with Gasteiger partial charge in [0.05, 0.1) is 17.2 Å². The number of rotatable bonds is 3. The minimum absolute atomic E-state index is 0.000609. The molecule has 3 aromatic rings. The summed E-state index contributed by atoms with van der Waals surface area (Å²) >= 11 is 0. The number of carbonyl (C=O) groups is 1. The summed E-state index contributed by atoms with van der Waals surface area (Å²) in [6, 6.07) is 10.5. The summed E-state index contributed by atoms with van der Waals surface area (Å²) in [6.07, 6.45) is 4.92. The average Bonchev–Trinajstić information content (AvgIpc) is 3.14. The quantitative estimate of drug-likeness (QED) is 0.525. The molecule has 0 unspecified atom stereocenters. The van der Waals surface area contributed by atoms with Gasteiger partial charge in [-0.1, -0.05) is 31.2 Å². The van der Waals surface area contributed by atoms with Gasteiger partial charge < -0.3 is 15.4 Å². The molecule has 0 saturated carbocycles. The second-order valence-electron chi connectivity index (χ2n) is 8.72. The smallest absolute Gasteiger partial charge is 0.152 e. The van der Waals surface area contributed by atoms with Crippen molar-refractivity contribution in [2.75, 3.05) is 5.32 Å². The van der Waals surface area contributed by atoms with Gasteiger partial charge in [0.2, 0.25) is 0 Å². The first-order chi connectivity index (χ1) is 13.7. The van der Waals surface area contributed by atoms with Crippen LogP contribution in [0.3, 0.4) is 0 Å². The number of ketones is 1. The number of carbonyl (C=O) groups excluding carboxylic acids is 1. The summed E-state index contributed by atoms with van der Waals surface area (Å²) in [5.74, 6) is -0.0741. The molecule has 0 spiro atoms. The van der Waals surface area contributed by atoms with Crippen molar-refractivity contribution >= 4 is 28.4 Å². The summed E-state index contributed by atoms with van der Waals surface area (Å²) in [6.45, 7) is 9.77. The average molecular weight is 389 g/mol.